The second-order valence-corrected chi connectivity index (χ2v) is 15.0. The number of ether oxygens (including phenoxy) is 3. The highest BCUT2D eigenvalue weighted by Crippen LogP contribution is 2.49. The van der Waals surface area contributed by atoms with Crippen LogP contribution in [-0.2, 0) is 25.1 Å². The van der Waals surface area contributed by atoms with E-state index in [1.54, 1.807) is 17.0 Å². The number of likely N-dealkylation sites (tertiary alicyclic amines) is 2. The van der Waals surface area contributed by atoms with Gasteiger partial charge in [0, 0.05) is 24.8 Å². The van der Waals surface area contributed by atoms with Crippen LogP contribution in [0.5, 0.6) is 11.6 Å². The van der Waals surface area contributed by atoms with Crippen LogP contribution in [0.1, 0.15) is 42.4 Å². The van der Waals surface area contributed by atoms with Gasteiger partial charge in [-0.1, -0.05) is 0 Å². The summed E-state index contributed by atoms with van der Waals surface area (Å²) in [5, 5.41) is 12.9. The number of benzene rings is 2. The Hall–Kier alpha value is -4.71. The molecule has 3 aromatic rings. The number of methoxy groups -OCH3 is 2. The van der Waals surface area contributed by atoms with E-state index in [1.165, 1.54) is 62.9 Å². The first-order chi connectivity index (χ1) is 24.2. The van der Waals surface area contributed by atoms with E-state index in [0.717, 1.165) is 52.0 Å². The van der Waals surface area contributed by atoms with Gasteiger partial charge in [0.2, 0.25) is 5.88 Å². The van der Waals surface area contributed by atoms with E-state index >= 15 is 0 Å². The monoisotopic (exact) mass is 700 g/mol. The Kier molecular flexibility index (Phi) is 9.15. The number of nitrogens with zero attached hydrogens (tertiary/aromatic N) is 5. The lowest BCUT2D eigenvalue weighted by molar-refractivity contribution is -0.121. The number of hydrogen-bond acceptors (Lipinski definition) is 10. The number of hydrogen-bond donors (Lipinski definition) is 1. The van der Waals surface area contributed by atoms with Crippen molar-refractivity contribution in [3.05, 3.63) is 77.5 Å². The summed E-state index contributed by atoms with van der Waals surface area (Å²) >= 11 is 0. The Bertz CT molecular complexity index is 1910. The summed E-state index contributed by atoms with van der Waals surface area (Å²) in [6.45, 7) is 4.75. The van der Waals surface area contributed by atoms with Gasteiger partial charge < -0.3 is 24.4 Å². The van der Waals surface area contributed by atoms with Gasteiger partial charge in [0.15, 0.2) is 5.54 Å². The average Bonchev–Trinajstić information content (AvgIpc) is 3.38. The number of anilines is 1. The second-order valence-electron chi connectivity index (χ2n) is 13.2. The van der Waals surface area contributed by atoms with Crippen molar-refractivity contribution < 1.29 is 32.2 Å². The molecule has 3 fully saturated rings. The predicted octanol–water partition coefficient (Wildman–Crippen LogP) is 3.48. The largest absolute Gasteiger partial charge is 0.497 e. The maximum absolute atomic E-state index is 15.0. The number of sulfonamides is 1. The SMILES string of the molecule is COc1ccc(S(=O)(=O)N2C(=O)[C@@](NC(=O)N3CCC(C4CCN(C5COC5)CC4)CC3)(c3cccnc3OC)c3cc(C#N)ccc32)cc1. The first-order valence-electron chi connectivity index (χ1n) is 16.9. The smallest absolute Gasteiger partial charge is 0.318 e. The molecule has 1 aromatic heterocycles. The third kappa shape index (κ3) is 5.73. The van der Waals surface area contributed by atoms with Gasteiger partial charge in [-0.15, -0.1) is 0 Å². The molecular weight excluding hydrogens is 660 g/mol. The van der Waals surface area contributed by atoms with Crippen LogP contribution >= 0.6 is 0 Å². The summed E-state index contributed by atoms with van der Waals surface area (Å²) in [5.74, 6) is 0.597. The van der Waals surface area contributed by atoms with E-state index in [2.05, 4.69) is 21.3 Å². The molecule has 3 amide bonds. The molecule has 0 spiro atoms. The molecule has 13 nitrogen and oxygen atoms in total. The number of nitrogens with one attached hydrogen (secondary N) is 1. The predicted molar refractivity (Wildman–Crippen MR) is 182 cm³/mol. The quantitative estimate of drug-likeness (QED) is 0.370. The topological polar surface area (TPSA) is 154 Å². The number of carbonyl (C=O) groups is 2. The van der Waals surface area contributed by atoms with Crippen molar-refractivity contribution >= 4 is 27.6 Å². The fourth-order valence-electron chi connectivity index (χ4n) is 7.84. The Morgan fingerprint density at radius 1 is 0.960 bits per heavy atom. The maximum atomic E-state index is 15.0. The molecule has 14 heteroatoms. The number of pyridine rings is 1. The van der Waals surface area contributed by atoms with Crippen LogP contribution in [0.3, 0.4) is 0 Å². The number of carbonyl (C=O) groups excluding carboxylic acids is 2. The fourth-order valence-corrected chi connectivity index (χ4v) is 9.31. The lowest BCUT2D eigenvalue weighted by Crippen LogP contribution is -2.58. The molecule has 4 aliphatic rings. The summed E-state index contributed by atoms with van der Waals surface area (Å²) in [6, 6.07) is 15.2. The summed E-state index contributed by atoms with van der Waals surface area (Å²) < 4.78 is 45.5. The van der Waals surface area contributed by atoms with E-state index in [4.69, 9.17) is 14.2 Å². The van der Waals surface area contributed by atoms with Gasteiger partial charge in [0.25, 0.3) is 15.9 Å². The molecule has 5 heterocycles. The van der Waals surface area contributed by atoms with Gasteiger partial charge in [-0.05, 0) is 105 Å². The molecule has 0 unspecified atom stereocenters. The molecule has 1 N–H and O–H groups in total. The van der Waals surface area contributed by atoms with Gasteiger partial charge in [0.1, 0.15) is 5.75 Å². The molecule has 50 heavy (non-hydrogen) atoms. The molecule has 4 aliphatic heterocycles. The summed E-state index contributed by atoms with van der Waals surface area (Å²) in [7, 11) is -1.68. The van der Waals surface area contributed by atoms with E-state index in [-0.39, 0.29) is 33.2 Å². The van der Waals surface area contributed by atoms with E-state index in [1.807, 2.05) is 0 Å². The van der Waals surface area contributed by atoms with Crippen molar-refractivity contribution in [2.24, 2.45) is 11.8 Å². The van der Waals surface area contributed by atoms with Crippen molar-refractivity contribution in [2.75, 3.05) is 57.9 Å². The lowest BCUT2D eigenvalue weighted by atomic mass is 9.78. The zero-order valence-electron chi connectivity index (χ0n) is 28.1. The van der Waals surface area contributed by atoms with Gasteiger partial charge in [0.05, 0.1) is 61.3 Å². The van der Waals surface area contributed by atoms with Gasteiger partial charge in [-0.2, -0.15) is 9.57 Å². The fraction of sp³-hybridized carbons (Fsp3) is 0.444. The summed E-state index contributed by atoms with van der Waals surface area (Å²) in [5.41, 5.74) is -1.64. The molecular formula is C36H40N6O7S. The van der Waals surface area contributed by atoms with E-state index in [0.29, 0.717) is 41.0 Å². The molecule has 2 aromatic carbocycles. The number of aromatic nitrogens is 1. The Morgan fingerprint density at radius 3 is 2.24 bits per heavy atom. The summed E-state index contributed by atoms with van der Waals surface area (Å²) in [4.78, 5) is 37.7. The molecule has 0 saturated carbocycles. The number of rotatable bonds is 8. The minimum absolute atomic E-state index is 0.00883. The lowest BCUT2D eigenvalue weighted by Gasteiger charge is -2.44. The molecule has 3 saturated heterocycles. The van der Waals surface area contributed by atoms with Crippen LogP contribution in [0.15, 0.2) is 65.7 Å². The van der Waals surface area contributed by atoms with Crippen LogP contribution in [0, 0.1) is 23.2 Å². The Labute approximate surface area is 291 Å². The van der Waals surface area contributed by atoms with Crippen LogP contribution in [0.25, 0.3) is 0 Å². The molecule has 0 aliphatic carbocycles. The average molecular weight is 701 g/mol. The minimum atomic E-state index is -4.52. The van der Waals surface area contributed by atoms with Crippen LogP contribution in [-0.4, -0.2) is 94.8 Å². The first-order valence-corrected chi connectivity index (χ1v) is 18.3. The molecule has 7 rings (SSSR count). The van der Waals surface area contributed by atoms with Gasteiger partial charge >= 0.3 is 6.03 Å². The zero-order chi connectivity index (χ0) is 35.0. The van der Waals surface area contributed by atoms with Crippen molar-refractivity contribution in [1.82, 2.24) is 20.1 Å². The van der Waals surface area contributed by atoms with E-state index < -0.39 is 27.5 Å². The van der Waals surface area contributed by atoms with Gasteiger partial charge in [-0.25, -0.2) is 18.2 Å². The number of piperidine rings is 2. The highest BCUT2D eigenvalue weighted by atomic mass is 32.2. The van der Waals surface area contributed by atoms with Crippen LogP contribution in [0.4, 0.5) is 10.5 Å². The number of amides is 3. The van der Waals surface area contributed by atoms with Gasteiger partial charge in [-0.3, -0.25) is 9.69 Å². The summed E-state index contributed by atoms with van der Waals surface area (Å²) in [6.07, 6.45) is 5.39. The van der Waals surface area contributed by atoms with Crippen molar-refractivity contribution in [2.45, 2.75) is 42.2 Å². The number of urea groups is 1. The molecule has 0 radical (unpaired) electrons. The highest BCUT2D eigenvalue weighted by Gasteiger charge is 2.59. The van der Waals surface area contributed by atoms with Crippen LogP contribution < -0.4 is 19.1 Å². The highest BCUT2D eigenvalue weighted by molar-refractivity contribution is 7.93. The van der Waals surface area contributed by atoms with Crippen molar-refractivity contribution in [3.63, 3.8) is 0 Å². The number of fused-ring (bicyclic) bond motifs is 1. The zero-order valence-corrected chi connectivity index (χ0v) is 28.9. The molecule has 0 bridgehead atoms. The van der Waals surface area contributed by atoms with Crippen LogP contribution in [0.2, 0.25) is 0 Å². The molecule has 262 valence electrons. The Balaban J connectivity index is 1.21. The Morgan fingerprint density at radius 2 is 1.64 bits per heavy atom. The standard InChI is InChI=1S/C36H40N6O7S/c1-47-28-6-8-29(9-7-28)50(45,46)42-32-10-5-24(21-37)20-31(32)36(34(42)43,30-4-3-15-38-33(30)48-2)39-35(44)41-18-13-26(14-19-41)25-11-16-40(17-12-25)27-22-49-23-27/h3-10,15,20,25-27H,11-14,16-19,22-23H2,1-2H3,(H,39,44)/t36-/m1/s1. The first kappa shape index (κ1) is 33.8. The molecule has 1 atom stereocenters. The number of nitriles is 1. The third-order valence-electron chi connectivity index (χ3n) is 10.7. The second kappa shape index (κ2) is 13.5. The maximum Gasteiger partial charge on any atom is 0.318 e. The minimum Gasteiger partial charge on any atom is -0.497 e. The van der Waals surface area contributed by atoms with E-state index in [9.17, 15) is 23.3 Å². The normalized spacial score (nSPS) is 22.1. The van der Waals surface area contributed by atoms with Crippen molar-refractivity contribution in [1.29, 1.82) is 5.26 Å². The third-order valence-corrected chi connectivity index (χ3v) is 12.4. The van der Waals surface area contributed by atoms with Crippen molar-refractivity contribution in [3.8, 4) is 17.7 Å².